The summed E-state index contributed by atoms with van der Waals surface area (Å²) >= 11 is 3.06. The molecule has 0 radical (unpaired) electrons. The maximum atomic E-state index is 13.3. The fourth-order valence-corrected chi connectivity index (χ4v) is 4.46. The normalized spacial score (nSPS) is 10.7. The highest BCUT2D eigenvalue weighted by atomic mass is 32.1. The number of thiophene rings is 2. The molecule has 0 aliphatic carbocycles. The predicted molar refractivity (Wildman–Crippen MR) is 120 cm³/mol. The largest absolute Gasteiger partial charge is 0.332 e. The molecule has 0 fully saturated rings. The molecule has 0 unspecified atom stereocenters. The molecule has 0 aliphatic heterocycles. The average Bonchev–Trinajstić information content (AvgIpc) is 3.45. The Bertz CT molecular complexity index is 877. The van der Waals surface area contributed by atoms with Crippen LogP contribution in [0, 0.1) is 0 Å². The van der Waals surface area contributed by atoms with Gasteiger partial charge in [0.2, 0.25) is 5.91 Å². The Hall–Kier alpha value is -2.44. The lowest BCUT2D eigenvalue weighted by atomic mass is 10.2. The molecule has 3 aromatic rings. The molecule has 2 heterocycles. The van der Waals surface area contributed by atoms with Gasteiger partial charge >= 0.3 is 0 Å². The summed E-state index contributed by atoms with van der Waals surface area (Å²) in [6, 6.07) is 17.7. The Labute approximate surface area is 180 Å². The van der Waals surface area contributed by atoms with E-state index in [4.69, 9.17) is 0 Å². The van der Waals surface area contributed by atoms with Crippen molar-refractivity contribution in [2.24, 2.45) is 0 Å². The van der Waals surface area contributed by atoms with Crippen molar-refractivity contribution in [3.63, 3.8) is 0 Å². The van der Waals surface area contributed by atoms with Crippen LogP contribution in [0.5, 0.6) is 0 Å². The van der Waals surface area contributed by atoms with Crippen molar-refractivity contribution in [2.75, 3.05) is 13.1 Å². The number of amides is 2. The first kappa shape index (κ1) is 21.3. The first-order valence-corrected chi connectivity index (χ1v) is 11.6. The Morgan fingerprint density at radius 1 is 0.862 bits per heavy atom. The van der Waals surface area contributed by atoms with Gasteiger partial charge in [-0.25, -0.2) is 0 Å². The maximum Gasteiger partial charge on any atom is 0.264 e. The smallest absolute Gasteiger partial charge is 0.264 e. The van der Waals surface area contributed by atoms with Crippen LogP contribution in [0.2, 0.25) is 0 Å². The maximum absolute atomic E-state index is 13.3. The van der Waals surface area contributed by atoms with Gasteiger partial charge in [0.1, 0.15) is 6.54 Å². The zero-order valence-corrected chi connectivity index (χ0v) is 18.3. The molecule has 2 amide bonds. The molecular weight excluding hydrogens is 400 g/mol. The first-order chi connectivity index (χ1) is 14.2. The highest BCUT2D eigenvalue weighted by Crippen LogP contribution is 2.17. The van der Waals surface area contributed by atoms with Crippen molar-refractivity contribution in [3.8, 4) is 0 Å². The molecule has 6 heteroatoms. The van der Waals surface area contributed by atoms with Gasteiger partial charge in [-0.2, -0.15) is 0 Å². The molecule has 0 bridgehead atoms. The standard InChI is InChI=1S/C23H26N2O2S2/c1-2-3-13-24(23(27)21-12-8-15-29-21)18-22(26)25(17-20-11-7-14-28-20)16-19-9-5-4-6-10-19/h4-12,14-15H,2-3,13,16-18H2,1H3. The second-order valence-electron chi connectivity index (χ2n) is 6.87. The van der Waals surface area contributed by atoms with E-state index < -0.39 is 0 Å². The minimum Gasteiger partial charge on any atom is -0.332 e. The lowest BCUT2D eigenvalue weighted by Gasteiger charge is -2.27. The minimum atomic E-state index is -0.0578. The summed E-state index contributed by atoms with van der Waals surface area (Å²) < 4.78 is 0. The van der Waals surface area contributed by atoms with E-state index in [1.54, 1.807) is 16.2 Å². The third-order valence-corrected chi connectivity index (χ3v) is 6.34. The van der Waals surface area contributed by atoms with Crippen molar-refractivity contribution in [1.29, 1.82) is 0 Å². The van der Waals surface area contributed by atoms with Crippen molar-refractivity contribution in [1.82, 2.24) is 9.80 Å². The lowest BCUT2D eigenvalue weighted by Crippen LogP contribution is -2.42. The van der Waals surface area contributed by atoms with Crippen molar-refractivity contribution in [3.05, 3.63) is 80.7 Å². The third kappa shape index (κ3) is 6.27. The van der Waals surface area contributed by atoms with Gasteiger partial charge in [0.05, 0.1) is 11.4 Å². The van der Waals surface area contributed by atoms with E-state index in [0.29, 0.717) is 24.5 Å². The molecule has 0 saturated heterocycles. The molecule has 0 N–H and O–H groups in total. The number of benzene rings is 1. The topological polar surface area (TPSA) is 40.6 Å². The van der Waals surface area contributed by atoms with Crippen LogP contribution in [0.25, 0.3) is 0 Å². The van der Waals surface area contributed by atoms with Gasteiger partial charge < -0.3 is 9.80 Å². The summed E-state index contributed by atoms with van der Waals surface area (Å²) in [6.07, 6.45) is 1.86. The van der Waals surface area contributed by atoms with Crippen LogP contribution in [0.4, 0.5) is 0 Å². The fourth-order valence-electron chi connectivity index (χ4n) is 3.05. The summed E-state index contributed by atoms with van der Waals surface area (Å²) in [7, 11) is 0. The van der Waals surface area contributed by atoms with E-state index in [1.165, 1.54) is 11.3 Å². The lowest BCUT2D eigenvalue weighted by molar-refractivity contribution is -0.133. The van der Waals surface area contributed by atoms with Gasteiger partial charge in [-0.05, 0) is 34.9 Å². The Balaban J connectivity index is 1.75. The second kappa shape index (κ2) is 10.9. The predicted octanol–water partition coefficient (Wildman–Crippen LogP) is 5.28. The molecule has 4 nitrogen and oxygen atoms in total. The molecule has 1 aromatic carbocycles. The van der Waals surface area contributed by atoms with Crippen LogP contribution in [0.1, 0.15) is 39.9 Å². The first-order valence-electron chi connectivity index (χ1n) is 9.84. The molecule has 0 spiro atoms. The summed E-state index contributed by atoms with van der Waals surface area (Å²) in [4.78, 5) is 31.5. The van der Waals surface area contributed by atoms with Crippen molar-refractivity contribution >= 4 is 34.5 Å². The van der Waals surface area contributed by atoms with E-state index >= 15 is 0 Å². The number of carbonyl (C=O) groups excluding carboxylic acids is 2. The van der Waals surface area contributed by atoms with E-state index in [2.05, 4.69) is 6.92 Å². The highest BCUT2D eigenvalue weighted by molar-refractivity contribution is 7.12. The van der Waals surface area contributed by atoms with Crippen LogP contribution in [0.15, 0.2) is 65.4 Å². The van der Waals surface area contributed by atoms with Crippen LogP contribution in [-0.2, 0) is 17.9 Å². The molecule has 2 aromatic heterocycles. The SMILES string of the molecule is CCCCN(CC(=O)N(Cc1ccccc1)Cc1cccs1)C(=O)c1cccs1. The zero-order chi connectivity index (χ0) is 20.5. The van der Waals surface area contributed by atoms with E-state index in [0.717, 1.165) is 23.3 Å². The summed E-state index contributed by atoms with van der Waals surface area (Å²) in [5.74, 6) is -0.0825. The van der Waals surface area contributed by atoms with Gasteiger partial charge in [-0.1, -0.05) is 55.8 Å². The van der Waals surface area contributed by atoms with E-state index in [-0.39, 0.29) is 18.4 Å². The van der Waals surface area contributed by atoms with Gasteiger partial charge in [0.15, 0.2) is 0 Å². The number of rotatable bonds is 10. The van der Waals surface area contributed by atoms with Gasteiger partial charge in [0, 0.05) is 18.0 Å². The monoisotopic (exact) mass is 426 g/mol. The molecule has 0 atom stereocenters. The van der Waals surface area contributed by atoms with Crippen LogP contribution < -0.4 is 0 Å². The van der Waals surface area contributed by atoms with Crippen molar-refractivity contribution in [2.45, 2.75) is 32.9 Å². The second-order valence-corrected chi connectivity index (χ2v) is 8.85. The summed E-state index contributed by atoms with van der Waals surface area (Å²) in [6.45, 7) is 3.88. The van der Waals surface area contributed by atoms with Gasteiger partial charge in [-0.15, -0.1) is 22.7 Å². The molecule has 0 aliphatic rings. The van der Waals surface area contributed by atoms with Crippen LogP contribution in [-0.4, -0.2) is 34.7 Å². The number of unbranched alkanes of at least 4 members (excludes halogenated alkanes) is 1. The van der Waals surface area contributed by atoms with E-state index in [9.17, 15) is 9.59 Å². The molecule has 152 valence electrons. The Kier molecular flexibility index (Phi) is 8.02. The quantitative estimate of drug-likeness (QED) is 0.442. The molecule has 29 heavy (non-hydrogen) atoms. The fraction of sp³-hybridized carbons (Fsp3) is 0.304. The summed E-state index contributed by atoms with van der Waals surface area (Å²) in [5.41, 5.74) is 1.09. The number of nitrogens with zero attached hydrogens (tertiary/aromatic N) is 2. The average molecular weight is 427 g/mol. The third-order valence-electron chi connectivity index (χ3n) is 4.62. The number of hydrogen-bond donors (Lipinski definition) is 0. The van der Waals surface area contributed by atoms with E-state index in [1.807, 2.05) is 70.3 Å². The number of hydrogen-bond acceptors (Lipinski definition) is 4. The summed E-state index contributed by atoms with van der Waals surface area (Å²) in [5, 5.41) is 3.92. The highest BCUT2D eigenvalue weighted by Gasteiger charge is 2.23. The van der Waals surface area contributed by atoms with Crippen LogP contribution >= 0.6 is 22.7 Å². The molecule has 3 rings (SSSR count). The Morgan fingerprint density at radius 3 is 2.28 bits per heavy atom. The molecule has 0 saturated carbocycles. The van der Waals surface area contributed by atoms with Gasteiger partial charge in [-0.3, -0.25) is 9.59 Å². The number of carbonyl (C=O) groups is 2. The minimum absolute atomic E-state index is 0.0248. The van der Waals surface area contributed by atoms with Crippen molar-refractivity contribution < 1.29 is 9.59 Å². The van der Waals surface area contributed by atoms with Crippen LogP contribution in [0.3, 0.4) is 0 Å². The zero-order valence-electron chi connectivity index (χ0n) is 16.6. The Morgan fingerprint density at radius 2 is 1.62 bits per heavy atom. The molecular formula is C23H26N2O2S2. The van der Waals surface area contributed by atoms with Gasteiger partial charge in [0.25, 0.3) is 5.91 Å².